The highest BCUT2D eigenvalue weighted by atomic mass is 15.2. The monoisotopic (exact) mass is 252 g/mol. The van der Waals surface area contributed by atoms with Gasteiger partial charge in [-0.15, -0.1) is 0 Å². The van der Waals surface area contributed by atoms with Crippen molar-refractivity contribution in [1.82, 2.24) is 10.2 Å². The van der Waals surface area contributed by atoms with Crippen molar-refractivity contribution in [2.45, 2.75) is 83.8 Å². The largest absolute Gasteiger partial charge is 0.312 e. The standard InChI is InChI=1S/C16H32N2/c1-5-17-15-14(11-12-16(15,2)3)18(4)13-9-7-6-8-10-13/h13-15,17H,5-12H2,1-4H3. The lowest BCUT2D eigenvalue weighted by molar-refractivity contribution is 0.106. The van der Waals surface area contributed by atoms with Gasteiger partial charge in [-0.25, -0.2) is 0 Å². The van der Waals surface area contributed by atoms with Crippen molar-refractivity contribution >= 4 is 0 Å². The average Bonchev–Trinajstić information content (AvgIpc) is 2.66. The maximum Gasteiger partial charge on any atom is 0.0274 e. The Bertz CT molecular complexity index is 256. The molecule has 0 bridgehead atoms. The third-order valence-electron chi connectivity index (χ3n) is 5.41. The van der Waals surface area contributed by atoms with E-state index in [9.17, 15) is 0 Å². The fourth-order valence-electron chi connectivity index (χ4n) is 4.19. The Labute approximate surface area is 114 Å². The number of nitrogens with one attached hydrogen (secondary N) is 1. The van der Waals surface area contributed by atoms with Gasteiger partial charge < -0.3 is 5.32 Å². The number of hydrogen-bond acceptors (Lipinski definition) is 2. The number of rotatable bonds is 4. The molecule has 0 aromatic rings. The van der Waals surface area contributed by atoms with Gasteiger partial charge >= 0.3 is 0 Å². The fourth-order valence-corrected chi connectivity index (χ4v) is 4.19. The molecule has 2 atom stereocenters. The molecule has 0 saturated heterocycles. The predicted molar refractivity (Wildman–Crippen MR) is 78.9 cm³/mol. The van der Waals surface area contributed by atoms with E-state index in [0.717, 1.165) is 18.6 Å². The van der Waals surface area contributed by atoms with Gasteiger partial charge in [0.1, 0.15) is 0 Å². The second-order valence-electron chi connectivity index (χ2n) is 7.09. The zero-order chi connectivity index (χ0) is 13.2. The summed E-state index contributed by atoms with van der Waals surface area (Å²) in [7, 11) is 2.38. The Morgan fingerprint density at radius 1 is 1.11 bits per heavy atom. The third kappa shape index (κ3) is 2.91. The normalized spacial score (nSPS) is 33.2. The van der Waals surface area contributed by atoms with Crippen LogP contribution in [0.2, 0.25) is 0 Å². The van der Waals surface area contributed by atoms with Gasteiger partial charge in [-0.2, -0.15) is 0 Å². The number of likely N-dealkylation sites (N-methyl/N-ethyl adjacent to an activating group) is 2. The highest BCUT2D eigenvalue weighted by molar-refractivity contribution is 5.01. The topological polar surface area (TPSA) is 15.3 Å². The minimum atomic E-state index is 0.462. The third-order valence-corrected chi connectivity index (χ3v) is 5.41. The van der Waals surface area contributed by atoms with Crippen LogP contribution in [-0.2, 0) is 0 Å². The van der Waals surface area contributed by atoms with Crippen molar-refractivity contribution in [2.24, 2.45) is 5.41 Å². The van der Waals surface area contributed by atoms with Gasteiger partial charge in [-0.1, -0.05) is 40.0 Å². The number of hydrogen-bond donors (Lipinski definition) is 1. The Morgan fingerprint density at radius 2 is 1.78 bits per heavy atom. The molecule has 0 amide bonds. The summed E-state index contributed by atoms with van der Waals surface area (Å²) in [6.45, 7) is 8.22. The van der Waals surface area contributed by atoms with E-state index in [1.807, 2.05) is 0 Å². The lowest BCUT2D eigenvalue weighted by Gasteiger charge is -2.41. The molecule has 2 unspecified atom stereocenters. The molecule has 2 fully saturated rings. The van der Waals surface area contributed by atoms with Gasteiger partial charge in [0.25, 0.3) is 0 Å². The van der Waals surface area contributed by atoms with Crippen LogP contribution < -0.4 is 5.32 Å². The molecule has 0 aromatic heterocycles. The van der Waals surface area contributed by atoms with Crippen LogP contribution in [0.15, 0.2) is 0 Å². The van der Waals surface area contributed by atoms with E-state index in [2.05, 4.69) is 38.0 Å². The van der Waals surface area contributed by atoms with E-state index in [4.69, 9.17) is 0 Å². The molecule has 0 radical (unpaired) electrons. The highest BCUT2D eigenvalue weighted by Crippen LogP contribution is 2.41. The van der Waals surface area contributed by atoms with Crippen LogP contribution in [0.5, 0.6) is 0 Å². The summed E-state index contributed by atoms with van der Waals surface area (Å²) in [5.41, 5.74) is 0.462. The molecule has 0 heterocycles. The summed E-state index contributed by atoms with van der Waals surface area (Å²) < 4.78 is 0. The molecular weight excluding hydrogens is 220 g/mol. The van der Waals surface area contributed by atoms with Gasteiger partial charge in [-0.05, 0) is 44.7 Å². The minimum absolute atomic E-state index is 0.462. The van der Waals surface area contributed by atoms with Gasteiger partial charge in [-0.3, -0.25) is 4.90 Å². The van der Waals surface area contributed by atoms with Crippen LogP contribution >= 0.6 is 0 Å². The molecule has 2 aliphatic carbocycles. The quantitative estimate of drug-likeness (QED) is 0.825. The van der Waals surface area contributed by atoms with E-state index in [1.165, 1.54) is 44.9 Å². The highest BCUT2D eigenvalue weighted by Gasteiger charge is 2.44. The lowest BCUT2D eigenvalue weighted by Crippen LogP contribution is -2.53. The van der Waals surface area contributed by atoms with Crippen LogP contribution in [-0.4, -0.2) is 36.6 Å². The van der Waals surface area contributed by atoms with Gasteiger partial charge in [0, 0.05) is 18.1 Å². The van der Waals surface area contributed by atoms with Crippen LogP contribution in [0, 0.1) is 5.41 Å². The van der Waals surface area contributed by atoms with E-state index in [0.29, 0.717) is 11.5 Å². The summed E-state index contributed by atoms with van der Waals surface area (Å²) in [5.74, 6) is 0. The molecule has 1 N–H and O–H groups in total. The summed E-state index contributed by atoms with van der Waals surface area (Å²) in [5, 5.41) is 3.76. The lowest BCUT2D eigenvalue weighted by atomic mass is 9.85. The second kappa shape index (κ2) is 5.92. The fraction of sp³-hybridized carbons (Fsp3) is 1.00. The van der Waals surface area contributed by atoms with Gasteiger partial charge in [0.05, 0.1) is 0 Å². The van der Waals surface area contributed by atoms with Crippen LogP contribution in [0.25, 0.3) is 0 Å². The van der Waals surface area contributed by atoms with Crippen molar-refractivity contribution in [3.63, 3.8) is 0 Å². The molecule has 2 saturated carbocycles. The van der Waals surface area contributed by atoms with E-state index in [1.54, 1.807) is 0 Å². The van der Waals surface area contributed by atoms with Gasteiger partial charge in [0.15, 0.2) is 0 Å². The zero-order valence-electron chi connectivity index (χ0n) is 12.8. The summed E-state index contributed by atoms with van der Waals surface area (Å²) >= 11 is 0. The Morgan fingerprint density at radius 3 is 2.39 bits per heavy atom. The van der Waals surface area contributed by atoms with Crippen LogP contribution in [0.4, 0.5) is 0 Å². The van der Waals surface area contributed by atoms with Crippen molar-refractivity contribution < 1.29 is 0 Å². The van der Waals surface area contributed by atoms with Crippen molar-refractivity contribution in [3.05, 3.63) is 0 Å². The molecule has 0 aromatic carbocycles. The zero-order valence-corrected chi connectivity index (χ0v) is 12.8. The first-order valence-electron chi connectivity index (χ1n) is 8.01. The van der Waals surface area contributed by atoms with Crippen molar-refractivity contribution in [2.75, 3.05) is 13.6 Å². The summed E-state index contributed by atoms with van der Waals surface area (Å²) in [6, 6.07) is 2.27. The van der Waals surface area contributed by atoms with E-state index < -0.39 is 0 Å². The summed E-state index contributed by atoms with van der Waals surface area (Å²) in [6.07, 6.45) is 9.92. The van der Waals surface area contributed by atoms with Crippen LogP contribution in [0.3, 0.4) is 0 Å². The van der Waals surface area contributed by atoms with Crippen molar-refractivity contribution in [1.29, 1.82) is 0 Å². The Balaban J connectivity index is 2.01. The first kappa shape index (κ1) is 14.3. The predicted octanol–water partition coefficient (Wildman–Crippen LogP) is 3.42. The Hall–Kier alpha value is -0.0800. The maximum absolute atomic E-state index is 3.76. The number of nitrogens with zero attached hydrogens (tertiary/aromatic N) is 1. The van der Waals surface area contributed by atoms with E-state index >= 15 is 0 Å². The average molecular weight is 252 g/mol. The molecule has 0 aliphatic heterocycles. The molecule has 2 aliphatic rings. The molecule has 106 valence electrons. The maximum atomic E-state index is 3.76. The molecular formula is C16H32N2. The SMILES string of the molecule is CCNC1C(N(C)C2CCCCC2)CCC1(C)C. The van der Waals surface area contributed by atoms with E-state index in [-0.39, 0.29) is 0 Å². The first-order chi connectivity index (χ1) is 8.56. The molecule has 2 heteroatoms. The smallest absolute Gasteiger partial charge is 0.0274 e. The molecule has 2 nitrogen and oxygen atoms in total. The Kier molecular flexibility index (Phi) is 4.71. The first-order valence-corrected chi connectivity index (χ1v) is 8.01. The van der Waals surface area contributed by atoms with Crippen LogP contribution in [0.1, 0.15) is 65.7 Å². The summed E-state index contributed by atoms with van der Waals surface area (Å²) in [4.78, 5) is 2.72. The molecule has 0 spiro atoms. The molecule has 18 heavy (non-hydrogen) atoms. The minimum Gasteiger partial charge on any atom is -0.312 e. The second-order valence-corrected chi connectivity index (χ2v) is 7.09. The van der Waals surface area contributed by atoms with Gasteiger partial charge in [0.2, 0.25) is 0 Å². The molecule has 2 rings (SSSR count). The van der Waals surface area contributed by atoms with Crippen molar-refractivity contribution in [3.8, 4) is 0 Å².